The molecule has 2 aromatic carbocycles. The van der Waals surface area contributed by atoms with Crippen molar-refractivity contribution in [2.75, 3.05) is 5.23 Å². The quantitative estimate of drug-likeness (QED) is 0.751. The van der Waals surface area contributed by atoms with Crippen LogP contribution in [-0.4, -0.2) is 25.2 Å². The van der Waals surface area contributed by atoms with Crippen molar-refractivity contribution in [3.63, 3.8) is 0 Å². The minimum absolute atomic E-state index is 0.359. The highest BCUT2D eigenvalue weighted by molar-refractivity contribution is 6.95. The van der Waals surface area contributed by atoms with Gasteiger partial charge in [0.2, 0.25) is 0 Å². The summed E-state index contributed by atoms with van der Waals surface area (Å²) in [6.45, 7) is 7.55. The van der Waals surface area contributed by atoms with Crippen molar-refractivity contribution in [1.29, 1.82) is 0 Å². The van der Waals surface area contributed by atoms with E-state index in [4.69, 9.17) is 9.31 Å². The maximum Gasteiger partial charge on any atom is 0.483 e. The Morgan fingerprint density at radius 1 is 0.862 bits per heavy atom. The fraction of sp³-hybridized carbons (Fsp3) is 0.333. The summed E-state index contributed by atoms with van der Waals surface area (Å²) >= 11 is 0. The second kappa shape index (κ2) is 6.67. The summed E-state index contributed by atoms with van der Waals surface area (Å²) in [6.07, 6.45) is -2.36. The molecule has 0 aliphatic carbocycles. The van der Waals surface area contributed by atoms with Crippen molar-refractivity contribution in [1.82, 2.24) is 0 Å². The molecule has 0 unspecified atom stereocenters. The number of anilines is 1. The largest absolute Gasteiger partial charge is 0.483 e. The van der Waals surface area contributed by atoms with E-state index in [1.807, 2.05) is 58.0 Å². The first kappa shape index (κ1) is 20.1. The molecule has 29 heavy (non-hydrogen) atoms. The zero-order valence-electron chi connectivity index (χ0n) is 16.8. The van der Waals surface area contributed by atoms with Crippen LogP contribution in [0.1, 0.15) is 38.8 Å². The molecule has 4 rings (SSSR count). The van der Waals surface area contributed by atoms with Crippen molar-refractivity contribution >= 4 is 31.2 Å². The number of halogens is 3. The Kier molecular flexibility index (Phi) is 4.63. The molecule has 2 heterocycles. The van der Waals surface area contributed by atoms with Crippen LogP contribution < -0.4 is 10.7 Å². The Morgan fingerprint density at radius 3 is 2.03 bits per heavy atom. The lowest BCUT2D eigenvalue weighted by atomic mass is 9.39. The highest BCUT2D eigenvalue weighted by Crippen LogP contribution is 2.40. The van der Waals surface area contributed by atoms with E-state index in [-0.39, 0.29) is 6.85 Å². The SMILES string of the molecule is CC1(C)OB(C2=Cc3ccccc3NB2c2ccc(C(F)(F)F)cc2)OC1(C)C. The van der Waals surface area contributed by atoms with E-state index < -0.39 is 30.1 Å². The van der Waals surface area contributed by atoms with Gasteiger partial charge in [-0.25, -0.2) is 0 Å². The van der Waals surface area contributed by atoms with Gasteiger partial charge in [0.15, 0.2) is 0 Å². The summed E-state index contributed by atoms with van der Waals surface area (Å²) < 4.78 is 51.4. The van der Waals surface area contributed by atoms with Gasteiger partial charge in [-0.15, -0.1) is 0 Å². The molecule has 150 valence electrons. The molecule has 0 aromatic heterocycles. The highest BCUT2D eigenvalue weighted by Gasteiger charge is 2.54. The third-order valence-corrected chi connectivity index (χ3v) is 6.01. The van der Waals surface area contributed by atoms with Crippen molar-refractivity contribution in [3.8, 4) is 0 Å². The number of para-hydroxylation sites is 1. The Balaban J connectivity index is 1.74. The summed E-state index contributed by atoms with van der Waals surface area (Å²) in [6, 6.07) is 13.0. The molecule has 0 atom stereocenters. The molecule has 0 radical (unpaired) electrons. The highest BCUT2D eigenvalue weighted by atomic mass is 19.4. The van der Waals surface area contributed by atoms with Crippen LogP contribution >= 0.6 is 0 Å². The van der Waals surface area contributed by atoms with E-state index in [9.17, 15) is 13.2 Å². The first-order valence-corrected chi connectivity index (χ1v) is 9.58. The van der Waals surface area contributed by atoms with Crippen LogP contribution in [0.3, 0.4) is 0 Å². The number of hydrogen-bond donors (Lipinski definition) is 1. The molecular formula is C21H22B2F3NO2. The fourth-order valence-corrected chi connectivity index (χ4v) is 3.58. The molecule has 2 aliphatic heterocycles. The van der Waals surface area contributed by atoms with Gasteiger partial charge in [0.05, 0.1) is 16.8 Å². The van der Waals surface area contributed by atoms with Crippen molar-refractivity contribution in [2.24, 2.45) is 0 Å². The van der Waals surface area contributed by atoms with Gasteiger partial charge in [0.1, 0.15) is 0 Å². The molecule has 1 saturated heterocycles. The Bertz CT molecular complexity index is 939. The van der Waals surface area contributed by atoms with Gasteiger partial charge in [0, 0.05) is 5.69 Å². The molecule has 0 amide bonds. The summed E-state index contributed by atoms with van der Waals surface area (Å²) in [5.41, 5.74) is 0.922. The van der Waals surface area contributed by atoms with Gasteiger partial charge in [-0.05, 0) is 44.7 Å². The predicted octanol–water partition coefficient (Wildman–Crippen LogP) is 4.58. The molecule has 3 nitrogen and oxygen atoms in total. The topological polar surface area (TPSA) is 30.5 Å². The molecule has 2 aliphatic rings. The summed E-state index contributed by atoms with van der Waals surface area (Å²) in [5, 5.41) is 4.28. The van der Waals surface area contributed by atoms with Crippen LogP contribution in [0.25, 0.3) is 6.08 Å². The van der Waals surface area contributed by atoms with E-state index in [0.29, 0.717) is 5.46 Å². The van der Waals surface area contributed by atoms with Crippen LogP contribution in [0.4, 0.5) is 18.9 Å². The van der Waals surface area contributed by atoms with E-state index >= 15 is 0 Å². The Labute approximate surface area is 169 Å². The van der Waals surface area contributed by atoms with Crippen LogP contribution in [0.15, 0.2) is 53.9 Å². The second-order valence-electron chi connectivity index (χ2n) is 8.52. The normalized spacial score (nSPS) is 20.2. The minimum atomic E-state index is -4.37. The average Bonchev–Trinajstić information content (AvgIpc) is 2.87. The van der Waals surface area contributed by atoms with Crippen LogP contribution in [0.5, 0.6) is 0 Å². The third kappa shape index (κ3) is 3.60. The number of nitrogens with one attached hydrogen (secondary N) is 1. The lowest BCUT2D eigenvalue weighted by Gasteiger charge is -2.32. The number of hydrogen-bond acceptors (Lipinski definition) is 3. The van der Waals surface area contributed by atoms with Crippen molar-refractivity contribution in [2.45, 2.75) is 45.1 Å². The van der Waals surface area contributed by atoms with Gasteiger partial charge < -0.3 is 14.5 Å². The lowest BCUT2D eigenvalue weighted by molar-refractivity contribution is -0.137. The number of benzene rings is 2. The molecule has 1 N–H and O–H groups in total. The summed E-state index contributed by atoms with van der Waals surface area (Å²) in [4.78, 5) is 0. The van der Waals surface area contributed by atoms with Crippen LogP contribution in [0.2, 0.25) is 0 Å². The summed E-state index contributed by atoms with van der Waals surface area (Å²) in [7, 11) is -0.604. The molecule has 0 saturated carbocycles. The van der Waals surface area contributed by atoms with Gasteiger partial charge in [-0.2, -0.15) is 13.2 Å². The van der Waals surface area contributed by atoms with E-state index in [1.54, 1.807) is 0 Å². The predicted molar refractivity (Wildman–Crippen MR) is 111 cm³/mol. The van der Waals surface area contributed by atoms with E-state index in [0.717, 1.165) is 28.8 Å². The number of rotatable bonds is 2. The van der Waals surface area contributed by atoms with Gasteiger partial charge >= 0.3 is 20.1 Å². The maximum atomic E-state index is 13.0. The molecule has 8 heteroatoms. The Morgan fingerprint density at radius 2 is 1.45 bits per heavy atom. The minimum Gasteiger partial charge on any atom is -0.420 e. The summed E-state index contributed by atoms with van der Waals surface area (Å²) in [5.74, 6) is 0. The van der Waals surface area contributed by atoms with Crippen LogP contribution in [0, 0.1) is 0 Å². The average molecular weight is 399 g/mol. The maximum absolute atomic E-state index is 13.0. The standard InChI is InChI=1S/C21H22B2F3NO2/c1-19(2)20(3,4)29-23(28-19)18-13-14-7-5-6-8-17(14)27-22(18)16-11-9-15(10-12-16)21(24,25)26/h5-13,27H,1-4H3. The fourth-order valence-electron chi connectivity index (χ4n) is 3.58. The molecular weight excluding hydrogens is 377 g/mol. The van der Waals surface area contributed by atoms with Crippen molar-refractivity contribution in [3.05, 3.63) is 65.0 Å². The van der Waals surface area contributed by atoms with Gasteiger partial charge in [-0.3, -0.25) is 0 Å². The molecule has 1 fully saturated rings. The molecule has 0 bridgehead atoms. The lowest BCUT2D eigenvalue weighted by Crippen LogP contribution is -2.48. The zero-order chi connectivity index (χ0) is 21.0. The third-order valence-electron chi connectivity index (χ3n) is 6.01. The second-order valence-corrected chi connectivity index (χ2v) is 8.52. The molecule has 2 aromatic rings. The monoisotopic (exact) mass is 399 g/mol. The number of alkyl halides is 3. The van der Waals surface area contributed by atoms with Crippen LogP contribution in [-0.2, 0) is 15.5 Å². The first-order chi connectivity index (χ1) is 13.5. The van der Waals surface area contributed by atoms with Gasteiger partial charge in [-0.1, -0.05) is 54.0 Å². The van der Waals surface area contributed by atoms with Gasteiger partial charge in [0.25, 0.3) is 0 Å². The molecule has 0 spiro atoms. The Hall–Kier alpha value is -2.18. The zero-order valence-corrected chi connectivity index (χ0v) is 16.8. The van der Waals surface area contributed by atoms with E-state index in [2.05, 4.69) is 5.23 Å². The smallest absolute Gasteiger partial charge is 0.420 e. The van der Waals surface area contributed by atoms with E-state index in [1.165, 1.54) is 12.1 Å². The first-order valence-electron chi connectivity index (χ1n) is 9.58. The number of fused-ring (bicyclic) bond motifs is 1. The van der Waals surface area contributed by atoms with Crippen molar-refractivity contribution < 1.29 is 22.5 Å².